The maximum atomic E-state index is 6.85. The van der Waals surface area contributed by atoms with Gasteiger partial charge in [-0.2, -0.15) is 0 Å². The van der Waals surface area contributed by atoms with Crippen LogP contribution in [0, 0.1) is 0 Å². The smallest absolute Gasteiger partial charge is 0.164 e. The molecule has 0 unspecified atom stereocenters. The summed E-state index contributed by atoms with van der Waals surface area (Å²) in [5.74, 6) is 1.89. The maximum absolute atomic E-state index is 6.85. The van der Waals surface area contributed by atoms with Gasteiger partial charge in [-0.25, -0.2) is 15.0 Å². The van der Waals surface area contributed by atoms with E-state index in [1.165, 1.54) is 21.8 Å². The molecular weight excluding hydrogens is 685 g/mol. The number of benzene rings is 8. The van der Waals surface area contributed by atoms with Crippen LogP contribution in [0.15, 0.2) is 199 Å². The summed E-state index contributed by atoms with van der Waals surface area (Å²) in [4.78, 5) is 14.8. The van der Waals surface area contributed by atoms with Gasteiger partial charge in [-0.05, 0) is 59.2 Å². The highest BCUT2D eigenvalue weighted by Gasteiger charge is 2.19. The molecule has 0 aliphatic carbocycles. The summed E-state index contributed by atoms with van der Waals surface area (Å²) in [7, 11) is 0. The van der Waals surface area contributed by atoms with E-state index in [0.29, 0.717) is 17.5 Å². The number of fused-ring (bicyclic) bond motifs is 6. The molecule has 0 amide bonds. The van der Waals surface area contributed by atoms with Crippen LogP contribution in [0.2, 0.25) is 0 Å². The molecule has 5 nitrogen and oxygen atoms in total. The third-order valence-corrected chi connectivity index (χ3v) is 10.6. The number of aromatic nitrogens is 4. The van der Waals surface area contributed by atoms with Crippen LogP contribution in [0.3, 0.4) is 0 Å². The average molecular weight is 717 g/mol. The molecule has 5 heteroatoms. The lowest BCUT2D eigenvalue weighted by Gasteiger charge is -2.11. The number of nitrogens with zero attached hydrogens (tertiary/aromatic N) is 4. The zero-order valence-electron chi connectivity index (χ0n) is 30.2. The molecule has 0 aliphatic rings. The summed E-state index contributed by atoms with van der Waals surface area (Å²) < 4.78 is 9.23. The Hall–Kier alpha value is -7.63. The van der Waals surface area contributed by atoms with Gasteiger partial charge in [0.1, 0.15) is 11.2 Å². The second-order valence-corrected chi connectivity index (χ2v) is 14.0. The van der Waals surface area contributed by atoms with Gasteiger partial charge in [0.25, 0.3) is 0 Å². The van der Waals surface area contributed by atoms with Crippen LogP contribution >= 0.6 is 0 Å². The molecule has 56 heavy (non-hydrogen) atoms. The van der Waals surface area contributed by atoms with Crippen molar-refractivity contribution in [1.29, 1.82) is 0 Å². The van der Waals surface area contributed by atoms with E-state index >= 15 is 0 Å². The van der Waals surface area contributed by atoms with Gasteiger partial charge in [0.15, 0.2) is 17.5 Å². The van der Waals surface area contributed by atoms with Crippen LogP contribution in [-0.2, 0) is 0 Å². The molecule has 0 saturated heterocycles. The lowest BCUT2D eigenvalue weighted by molar-refractivity contribution is 0.670. The van der Waals surface area contributed by atoms with Crippen molar-refractivity contribution in [3.8, 4) is 62.1 Å². The summed E-state index contributed by atoms with van der Waals surface area (Å²) in [6, 6.07) is 67.4. The number of furan rings is 1. The van der Waals surface area contributed by atoms with Gasteiger partial charge in [0, 0.05) is 49.5 Å². The second-order valence-electron chi connectivity index (χ2n) is 14.0. The van der Waals surface area contributed by atoms with E-state index < -0.39 is 0 Å². The Morgan fingerprint density at radius 2 is 0.839 bits per heavy atom. The van der Waals surface area contributed by atoms with Crippen LogP contribution in [0.25, 0.3) is 106 Å². The minimum atomic E-state index is 0.620. The van der Waals surface area contributed by atoms with Crippen LogP contribution in [0.4, 0.5) is 0 Å². The Kier molecular flexibility index (Phi) is 7.42. The summed E-state index contributed by atoms with van der Waals surface area (Å²) in [5, 5.41) is 4.61. The van der Waals surface area contributed by atoms with Crippen molar-refractivity contribution in [2.45, 2.75) is 0 Å². The Balaban J connectivity index is 1.06. The third-order valence-electron chi connectivity index (χ3n) is 10.6. The van der Waals surface area contributed by atoms with Gasteiger partial charge in [-0.15, -0.1) is 0 Å². The number of hydrogen-bond acceptors (Lipinski definition) is 4. The minimum Gasteiger partial charge on any atom is -0.455 e. The molecule has 0 atom stereocenters. The highest BCUT2D eigenvalue weighted by molar-refractivity contribution is 6.13. The predicted octanol–water partition coefficient (Wildman–Crippen LogP) is 13.2. The van der Waals surface area contributed by atoms with Crippen LogP contribution < -0.4 is 0 Å². The van der Waals surface area contributed by atoms with E-state index in [1.54, 1.807) is 0 Å². The average Bonchev–Trinajstić information content (AvgIpc) is 3.82. The van der Waals surface area contributed by atoms with E-state index in [1.807, 2.05) is 60.7 Å². The summed E-state index contributed by atoms with van der Waals surface area (Å²) >= 11 is 0. The lowest BCUT2D eigenvalue weighted by Crippen LogP contribution is -2.00. The largest absolute Gasteiger partial charge is 0.455 e. The van der Waals surface area contributed by atoms with Crippen LogP contribution in [0.5, 0.6) is 0 Å². The molecule has 262 valence electrons. The Labute approximate surface area is 322 Å². The number of para-hydroxylation sites is 2. The molecule has 0 saturated carbocycles. The van der Waals surface area contributed by atoms with E-state index in [2.05, 4.69) is 138 Å². The van der Waals surface area contributed by atoms with E-state index in [0.717, 1.165) is 66.6 Å². The standard InChI is InChI=1S/C51H32N4O/c1-4-15-33(16-5-1)43-31-39(55-45-25-12-10-23-40(45)41-24-11-13-26-46(41)55)32-44-42-28-27-37(30-47(42)56-48(43)44)36-21-14-22-38(29-36)51-53-49(34-17-6-2-7-18-34)52-50(54-51)35-19-8-3-9-20-35/h1-32H. The molecule has 0 N–H and O–H groups in total. The fraction of sp³-hybridized carbons (Fsp3) is 0. The number of rotatable bonds is 6. The second kappa shape index (κ2) is 13.0. The van der Waals surface area contributed by atoms with E-state index in [9.17, 15) is 0 Å². The van der Waals surface area contributed by atoms with Gasteiger partial charge < -0.3 is 8.98 Å². The third kappa shape index (κ3) is 5.37. The van der Waals surface area contributed by atoms with Gasteiger partial charge >= 0.3 is 0 Å². The summed E-state index contributed by atoms with van der Waals surface area (Å²) in [6.07, 6.45) is 0. The van der Waals surface area contributed by atoms with Gasteiger partial charge in [0.2, 0.25) is 0 Å². The summed E-state index contributed by atoms with van der Waals surface area (Å²) in [6.45, 7) is 0. The molecule has 3 heterocycles. The van der Waals surface area contributed by atoms with E-state index in [-0.39, 0.29) is 0 Å². The fourth-order valence-corrected chi connectivity index (χ4v) is 7.98. The summed E-state index contributed by atoms with van der Waals surface area (Å²) in [5.41, 5.74) is 12.2. The molecule has 0 spiro atoms. The SMILES string of the molecule is c1ccc(-c2nc(-c3ccccc3)nc(-c3cccc(-c4ccc5c(c4)oc4c(-c6ccccc6)cc(-n6c7ccccc7c7ccccc76)cc45)c3)n2)cc1. The lowest BCUT2D eigenvalue weighted by atomic mass is 9.99. The van der Waals surface area contributed by atoms with Gasteiger partial charge in [-0.1, -0.05) is 152 Å². The quantitative estimate of drug-likeness (QED) is 0.172. The molecule has 3 aromatic heterocycles. The predicted molar refractivity (Wildman–Crippen MR) is 229 cm³/mol. The molecule has 0 bridgehead atoms. The molecule has 0 fully saturated rings. The Morgan fingerprint density at radius 3 is 1.46 bits per heavy atom. The molecule has 0 aliphatic heterocycles. The fourth-order valence-electron chi connectivity index (χ4n) is 7.98. The van der Waals surface area contributed by atoms with Crippen molar-refractivity contribution in [2.24, 2.45) is 0 Å². The zero-order valence-corrected chi connectivity index (χ0v) is 30.2. The van der Waals surface area contributed by atoms with Crippen molar-refractivity contribution in [1.82, 2.24) is 19.5 Å². The van der Waals surface area contributed by atoms with E-state index in [4.69, 9.17) is 19.4 Å². The first-order valence-corrected chi connectivity index (χ1v) is 18.8. The zero-order chi connectivity index (χ0) is 37.0. The maximum Gasteiger partial charge on any atom is 0.164 e. The topological polar surface area (TPSA) is 56.7 Å². The first-order chi connectivity index (χ1) is 27.7. The molecule has 0 radical (unpaired) electrons. The van der Waals surface area contributed by atoms with Crippen LogP contribution in [0.1, 0.15) is 0 Å². The molecule has 8 aromatic carbocycles. The highest BCUT2D eigenvalue weighted by Crippen LogP contribution is 2.41. The first-order valence-electron chi connectivity index (χ1n) is 18.8. The molecular formula is C51H32N4O. The Bertz CT molecular complexity index is 3130. The first kappa shape index (κ1) is 31.9. The van der Waals surface area contributed by atoms with Crippen molar-refractivity contribution in [3.63, 3.8) is 0 Å². The van der Waals surface area contributed by atoms with Crippen molar-refractivity contribution in [3.05, 3.63) is 194 Å². The van der Waals surface area contributed by atoms with Crippen LogP contribution in [-0.4, -0.2) is 19.5 Å². The Morgan fingerprint density at radius 1 is 0.339 bits per heavy atom. The molecule has 11 rings (SSSR count). The highest BCUT2D eigenvalue weighted by atomic mass is 16.3. The van der Waals surface area contributed by atoms with Crippen molar-refractivity contribution in [2.75, 3.05) is 0 Å². The number of hydrogen-bond donors (Lipinski definition) is 0. The van der Waals surface area contributed by atoms with Gasteiger partial charge in [0.05, 0.1) is 11.0 Å². The monoisotopic (exact) mass is 716 g/mol. The molecule has 11 aromatic rings. The minimum absolute atomic E-state index is 0.620. The van der Waals surface area contributed by atoms with Gasteiger partial charge in [-0.3, -0.25) is 0 Å². The van der Waals surface area contributed by atoms with Crippen molar-refractivity contribution >= 4 is 43.7 Å². The van der Waals surface area contributed by atoms with Crippen molar-refractivity contribution < 1.29 is 4.42 Å². The normalized spacial score (nSPS) is 11.6.